The van der Waals surface area contributed by atoms with E-state index in [1.54, 1.807) is 0 Å². The van der Waals surface area contributed by atoms with Crippen LogP contribution in [0.2, 0.25) is 0 Å². The van der Waals surface area contributed by atoms with Crippen LogP contribution in [0.25, 0.3) is 32.6 Å². The van der Waals surface area contributed by atoms with E-state index >= 15 is 0 Å². The van der Waals surface area contributed by atoms with E-state index in [2.05, 4.69) is 199 Å². The Kier molecular flexibility index (Phi) is 29.1. The van der Waals surface area contributed by atoms with Crippen LogP contribution in [0.4, 0.5) is 22.7 Å². The van der Waals surface area contributed by atoms with Crippen molar-refractivity contribution >= 4 is 55.3 Å². The van der Waals surface area contributed by atoms with Crippen molar-refractivity contribution in [2.45, 2.75) is 83.1 Å². The summed E-state index contributed by atoms with van der Waals surface area (Å²) in [5, 5.41) is 5.24. The van der Waals surface area contributed by atoms with Crippen LogP contribution in [0.5, 0.6) is 0 Å². The highest BCUT2D eigenvalue weighted by Crippen LogP contribution is 2.31. The number of aryl methyl sites for hydroxylation is 1. The lowest BCUT2D eigenvalue weighted by Gasteiger charge is -2.21. The molecule has 0 bridgehead atoms. The van der Waals surface area contributed by atoms with Gasteiger partial charge in [-0.2, -0.15) is 0 Å². The second-order valence-electron chi connectivity index (χ2n) is 11.2. The molecule has 0 amide bonds. The van der Waals surface area contributed by atoms with Crippen molar-refractivity contribution in [3.63, 3.8) is 0 Å². The molecule has 0 N–H and O–H groups in total. The molecule has 3 heteroatoms. The van der Waals surface area contributed by atoms with Gasteiger partial charge in [-0.25, -0.2) is 0 Å². The van der Waals surface area contributed by atoms with Crippen LogP contribution in [0, 0.1) is 0 Å². The molecule has 0 saturated carbocycles. The van der Waals surface area contributed by atoms with Gasteiger partial charge in [0.25, 0.3) is 0 Å². The number of rotatable bonds is 4. The van der Waals surface area contributed by atoms with Gasteiger partial charge in [0.2, 0.25) is 0 Å². The van der Waals surface area contributed by atoms with Gasteiger partial charge >= 0.3 is 0 Å². The van der Waals surface area contributed by atoms with Crippen LogP contribution < -0.4 is 9.80 Å². The summed E-state index contributed by atoms with van der Waals surface area (Å²) in [6.45, 7) is 24.0. The van der Waals surface area contributed by atoms with Crippen LogP contribution >= 0.6 is 0 Å². The summed E-state index contributed by atoms with van der Waals surface area (Å²) in [6.07, 6.45) is 0. The lowest BCUT2D eigenvalue weighted by Crippen LogP contribution is -2.09. The minimum atomic E-state index is 1.20. The van der Waals surface area contributed by atoms with Crippen molar-refractivity contribution in [1.82, 2.24) is 4.57 Å². The summed E-state index contributed by atoms with van der Waals surface area (Å²) in [7, 11) is 6.30. The van der Waals surface area contributed by atoms with Gasteiger partial charge in [0.15, 0.2) is 0 Å². The average Bonchev–Trinajstić information content (AvgIpc) is 3.64. The highest BCUT2D eigenvalue weighted by Gasteiger charge is 2.07. The second-order valence-corrected chi connectivity index (χ2v) is 11.2. The van der Waals surface area contributed by atoms with Crippen molar-refractivity contribution < 1.29 is 0 Å². The smallest absolute Gasteiger partial charge is 0.0488 e. The molecule has 0 saturated heterocycles. The number of aromatic nitrogens is 1. The molecule has 1 heterocycles. The topological polar surface area (TPSA) is 11.4 Å². The predicted octanol–water partition coefficient (Wildman–Crippen LogP) is 17.6. The summed E-state index contributed by atoms with van der Waals surface area (Å²) < 4.78 is 2.24. The molecule has 3 nitrogen and oxygen atoms in total. The Balaban J connectivity index is 0.000000748. The number of nitrogens with zero attached hydrogens (tertiary/aromatic N) is 3. The first-order valence-electron chi connectivity index (χ1n) is 21.6. The lowest BCUT2D eigenvalue weighted by atomic mass is 10.1. The number of benzene rings is 7. The lowest BCUT2D eigenvalue weighted by molar-refractivity contribution is 1.01. The normalized spacial score (nSPS) is 8.95. The Labute approximate surface area is 354 Å². The van der Waals surface area contributed by atoms with Crippen molar-refractivity contribution in [1.29, 1.82) is 0 Å². The zero-order chi connectivity index (χ0) is 43.7. The van der Waals surface area contributed by atoms with E-state index in [0.29, 0.717) is 0 Å². The zero-order valence-electron chi connectivity index (χ0n) is 38.7. The monoisotopic (exact) mass is 778 g/mol. The molecular weight excluding hydrogens is 703 g/mol. The molecule has 0 fully saturated rings. The first-order valence-corrected chi connectivity index (χ1v) is 21.6. The van der Waals surface area contributed by atoms with Crippen LogP contribution in [-0.4, -0.2) is 18.7 Å². The molecule has 310 valence electrons. The van der Waals surface area contributed by atoms with Crippen LogP contribution in [0.3, 0.4) is 0 Å². The minimum absolute atomic E-state index is 1.20. The minimum Gasteiger partial charge on any atom is -0.345 e. The zero-order valence-corrected chi connectivity index (χ0v) is 38.7. The fourth-order valence-corrected chi connectivity index (χ4v) is 5.86. The van der Waals surface area contributed by atoms with Crippen molar-refractivity contribution in [3.8, 4) is 0 Å². The van der Waals surface area contributed by atoms with Gasteiger partial charge < -0.3 is 14.4 Å². The quantitative estimate of drug-likeness (QED) is 0.176. The molecule has 0 radical (unpaired) electrons. The highest BCUT2D eigenvalue weighted by atomic mass is 15.1. The van der Waals surface area contributed by atoms with E-state index in [9.17, 15) is 0 Å². The summed E-state index contributed by atoms with van der Waals surface area (Å²) >= 11 is 0. The molecule has 0 aliphatic rings. The Morgan fingerprint density at radius 3 is 0.983 bits per heavy atom. The summed E-state index contributed by atoms with van der Waals surface area (Å²) in [4.78, 5) is 4.39. The molecule has 0 atom stereocenters. The van der Waals surface area contributed by atoms with Crippen molar-refractivity contribution in [2.24, 2.45) is 7.05 Å². The Hall–Kier alpha value is -5.80. The number of fused-ring (bicyclic) bond motifs is 4. The first-order chi connectivity index (χ1) is 28.6. The largest absolute Gasteiger partial charge is 0.345 e. The van der Waals surface area contributed by atoms with Crippen molar-refractivity contribution in [2.75, 3.05) is 23.9 Å². The number of anilines is 4. The van der Waals surface area contributed by atoms with Gasteiger partial charge in [-0.1, -0.05) is 210 Å². The maximum absolute atomic E-state index is 2.24. The third-order valence-electron chi connectivity index (χ3n) is 8.38. The number of para-hydroxylation sites is 5. The Bertz CT molecular complexity index is 2040. The molecule has 8 aromatic rings. The molecule has 0 unspecified atom stereocenters. The van der Waals surface area contributed by atoms with E-state index in [1.807, 2.05) is 101 Å². The predicted molar refractivity (Wildman–Crippen MR) is 268 cm³/mol. The molecule has 0 aliphatic heterocycles. The third-order valence-corrected chi connectivity index (χ3v) is 8.38. The van der Waals surface area contributed by atoms with E-state index in [0.717, 1.165) is 0 Å². The standard InChI is InChI=1S/C17H15N.C13H11N.C13H13N.6C2H6/c1-18(15-10-3-2-4-11-15)17-13-7-9-14-8-5-6-12-16(14)17;1-14-12-8-4-2-6-10(12)11-7-3-5-9-13(11)14;1-14(12-8-4-2-5-9-12)13-10-6-3-7-11-13;6*1-2/h2-13H,1H3;2-9H,1H3;2-11H,1H3;6*1-2H3. The molecule has 1 aromatic heterocycles. The molecular formula is C55H75N3. The number of hydrogen-bond donors (Lipinski definition) is 0. The summed E-state index contributed by atoms with van der Waals surface area (Å²) in [5.41, 5.74) is 7.45. The highest BCUT2D eigenvalue weighted by molar-refractivity contribution is 6.07. The molecule has 0 spiro atoms. The molecule has 7 aromatic carbocycles. The van der Waals surface area contributed by atoms with E-state index in [1.165, 1.54) is 55.3 Å². The maximum Gasteiger partial charge on any atom is 0.0488 e. The SMILES string of the molecule is CC.CC.CC.CC.CC.CC.CN(c1ccccc1)c1cccc2ccccc12.CN(c1ccccc1)c1ccccc1.Cn1c2ccccc2c2ccccc21. The first kappa shape index (κ1) is 52.2. The van der Waals surface area contributed by atoms with Crippen molar-refractivity contribution in [3.05, 3.63) is 182 Å². The average molecular weight is 778 g/mol. The maximum atomic E-state index is 2.24. The molecule has 0 aliphatic carbocycles. The van der Waals surface area contributed by atoms with Gasteiger partial charge in [-0.05, 0) is 60.0 Å². The second kappa shape index (κ2) is 32.3. The Morgan fingerprint density at radius 1 is 0.293 bits per heavy atom. The van der Waals surface area contributed by atoms with Gasteiger partial charge in [0.1, 0.15) is 0 Å². The van der Waals surface area contributed by atoms with E-state index in [4.69, 9.17) is 0 Å². The number of hydrogen-bond acceptors (Lipinski definition) is 2. The fourth-order valence-electron chi connectivity index (χ4n) is 5.86. The van der Waals surface area contributed by atoms with Crippen LogP contribution in [0.15, 0.2) is 182 Å². The van der Waals surface area contributed by atoms with Gasteiger partial charge in [0.05, 0.1) is 0 Å². The third kappa shape index (κ3) is 15.3. The molecule has 8 rings (SSSR count). The summed E-state index contributed by atoms with van der Waals surface area (Å²) in [5.74, 6) is 0. The van der Waals surface area contributed by atoms with Gasteiger partial charge in [-0.3, -0.25) is 0 Å². The van der Waals surface area contributed by atoms with Crippen LogP contribution in [-0.2, 0) is 7.05 Å². The van der Waals surface area contributed by atoms with E-state index < -0.39 is 0 Å². The molecule has 58 heavy (non-hydrogen) atoms. The van der Waals surface area contributed by atoms with Gasteiger partial charge in [-0.15, -0.1) is 0 Å². The van der Waals surface area contributed by atoms with Gasteiger partial charge in [0, 0.05) is 71.1 Å². The fraction of sp³-hybridized carbons (Fsp3) is 0.273. The van der Waals surface area contributed by atoms with E-state index in [-0.39, 0.29) is 0 Å². The van der Waals surface area contributed by atoms with Crippen LogP contribution in [0.1, 0.15) is 83.1 Å². The summed E-state index contributed by atoms with van der Waals surface area (Å²) in [6, 6.07) is 63.0. The Morgan fingerprint density at radius 2 is 0.586 bits per heavy atom.